The van der Waals surface area contributed by atoms with Crippen LogP contribution in [0.4, 0.5) is 17.6 Å². The Labute approximate surface area is 150 Å². The lowest BCUT2D eigenvalue weighted by Gasteiger charge is -1.99. The average Bonchev–Trinajstić information content (AvgIpc) is 2.52. The van der Waals surface area contributed by atoms with E-state index in [1.807, 2.05) is 0 Å². The van der Waals surface area contributed by atoms with E-state index in [0.29, 0.717) is 24.3 Å². The highest BCUT2D eigenvalue weighted by Crippen LogP contribution is 2.17. The molecule has 0 N–H and O–H groups in total. The molecule has 2 aromatic rings. The van der Waals surface area contributed by atoms with Crippen LogP contribution in [0.1, 0.15) is 0 Å². The van der Waals surface area contributed by atoms with E-state index in [2.05, 4.69) is 0 Å². The topological polar surface area (TPSA) is 92.1 Å². The second-order valence-electron chi connectivity index (χ2n) is 4.51. The van der Waals surface area contributed by atoms with E-state index in [0.717, 1.165) is 12.1 Å². The first kappa shape index (κ1) is 21.9. The van der Waals surface area contributed by atoms with Gasteiger partial charge in [-0.1, -0.05) is 0 Å². The fraction of sp³-hybridized carbons (Fsp3) is 0.0714. The van der Waals surface area contributed by atoms with E-state index in [-0.39, 0.29) is 0 Å². The number of hydrogen-bond donors (Lipinski definition) is 0. The quantitative estimate of drug-likeness (QED) is 0.424. The summed E-state index contributed by atoms with van der Waals surface area (Å²) in [5.41, 5.74) is 0. The van der Waals surface area contributed by atoms with Crippen molar-refractivity contribution in [2.24, 2.45) is 0 Å². The molecule has 0 aromatic heterocycles. The molecule has 2 rings (SSSR count). The minimum atomic E-state index is -3.98. The number of nitriles is 1. The van der Waals surface area contributed by atoms with Gasteiger partial charge in [0.15, 0.2) is 33.1 Å². The van der Waals surface area contributed by atoms with E-state index in [9.17, 15) is 34.4 Å². The maximum absolute atomic E-state index is 12.6. The molecule has 0 aliphatic heterocycles. The van der Waals surface area contributed by atoms with Gasteiger partial charge in [0.1, 0.15) is 5.75 Å². The number of nitrogens with zero attached hydrogens (tertiary/aromatic N) is 1. The maximum atomic E-state index is 12.6. The zero-order valence-corrected chi connectivity index (χ0v) is 14.8. The Bertz CT molecular complexity index is 1070. The highest BCUT2D eigenvalue weighted by atomic mass is 35.7. The second-order valence-corrected chi connectivity index (χ2v) is 9.06. The van der Waals surface area contributed by atoms with Gasteiger partial charge in [-0.3, -0.25) is 0 Å². The van der Waals surface area contributed by atoms with Gasteiger partial charge >= 0.3 is 0 Å². The molecule has 0 aliphatic carbocycles. The molecule has 2 aromatic carbocycles. The fourth-order valence-electron chi connectivity index (χ4n) is 1.47. The summed E-state index contributed by atoms with van der Waals surface area (Å²) in [5.74, 6) is -5.47. The first-order valence-corrected chi connectivity index (χ1v) is 10.3. The Morgan fingerprint density at radius 3 is 1.62 bits per heavy atom. The molecule has 0 spiro atoms. The molecule has 0 fully saturated rings. The molecule has 12 heteroatoms. The Hall–Kier alpha value is -2.16. The van der Waals surface area contributed by atoms with Crippen LogP contribution in [0.25, 0.3) is 0 Å². The molecule has 0 aliphatic rings. The van der Waals surface area contributed by atoms with Crippen molar-refractivity contribution < 1.29 is 34.4 Å². The molecule has 140 valence electrons. The van der Waals surface area contributed by atoms with E-state index < -0.39 is 57.7 Å². The highest BCUT2D eigenvalue weighted by Gasteiger charge is 2.16. The summed E-state index contributed by atoms with van der Waals surface area (Å²) < 4.78 is 93.3. The van der Waals surface area contributed by atoms with E-state index in [1.54, 1.807) is 0 Å². The molecule has 26 heavy (non-hydrogen) atoms. The summed E-state index contributed by atoms with van der Waals surface area (Å²) in [6, 6.07) is 5.74. The molecular formula is C14H8ClF4NO4S2. The Kier molecular flexibility index (Phi) is 7.14. The van der Waals surface area contributed by atoms with Gasteiger partial charge in [0.05, 0.1) is 15.9 Å². The van der Waals surface area contributed by atoms with Crippen molar-refractivity contribution in [2.75, 3.05) is 5.75 Å². The molecular weight excluding hydrogens is 422 g/mol. The molecule has 0 amide bonds. The van der Waals surface area contributed by atoms with Gasteiger partial charge in [0.2, 0.25) is 0 Å². The second kappa shape index (κ2) is 8.48. The van der Waals surface area contributed by atoms with Crippen LogP contribution >= 0.6 is 10.7 Å². The largest absolute Gasteiger partial charge is 0.261 e. The predicted molar refractivity (Wildman–Crippen MR) is 83.4 cm³/mol. The van der Waals surface area contributed by atoms with Crippen LogP contribution in [0.3, 0.4) is 0 Å². The van der Waals surface area contributed by atoms with Crippen molar-refractivity contribution in [1.82, 2.24) is 0 Å². The molecule has 5 nitrogen and oxygen atoms in total. The van der Waals surface area contributed by atoms with Gasteiger partial charge in [-0.05, 0) is 36.4 Å². The zero-order chi connectivity index (χ0) is 20.1. The zero-order valence-electron chi connectivity index (χ0n) is 12.5. The van der Waals surface area contributed by atoms with Crippen LogP contribution in [0, 0.1) is 34.6 Å². The standard InChI is InChI=1S/C8H5F2NO2S.C6H3ClF2O2S/c9-7-2-1-6(5-8(7)10)14(12,13)4-3-11;7-12(10,11)4-1-2-5(8)6(9)3-4/h1-2,5H,4H2;1-3H. The monoisotopic (exact) mass is 429 g/mol. The lowest BCUT2D eigenvalue weighted by molar-refractivity contribution is 0.504. The molecule has 0 bridgehead atoms. The van der Waals surface area contributed by atoms with E-state index in [1.165, 1.54) is 6.07 Å². The summed E-state index contributed by atoms with van der Waals surface area (Å²) in [4.78, 5) is -0.846. The number of benzene rings is 2. The Morgan fingerprint density at radius 1 is 0.808 bits per heavy atom. The Morgan fingerprint density at radius 2 is 1.23 bits per heavy atom. The molecule has 0 atom stereocenters. The maximum Gasteiger partial charge on any atom is 0.261 e. The third-order valence-electron chi connectivity index (χ3n) is 2.68. The number of hydrogen-bond acceptors (Lipinski definition) is 5. The average molecular weight is 430 g/mol. The smallest absolute Gasteiger partial charge is 0.223 e. The van der Waals surface area contributed by atoms with Gasteiger partial charge in [-0.15, -0.1) is 0 Å². The van der Waals surface area contributed by atoms with Crippen LogP contribution < -0.4 is 0 Å². The molecule has 0 saturated heterocycles. The van der Waals surface area contributed by atoms with Crippen LogP contribution in [0.2, 0.25) is 0 Å². The minimum absolute atomic E-state index is 0.391. The molecule has 0 saturated carbocycles. The summed E-state index contributed by atoms with van der Waals surface area (Å²) >= 11 is 0. The van der Waals surface area contributed by atoms with Crippen LogP contribution in [0.15, 0.2) is 46.2 Å². The molecule has 0 heterocycles. The SMILES string of the molecule is N#CCS(=O)(=O)c1ccc(F)c(F)c1.O=S(=O)(Cl)c1ccc(F)c(F)c1. The summed E-state index contributed by atoms with van der Waals surface area (Å²) in [7, 11) is -2.93. The summed E-state index contributed by atoms with van der Waals surface area (Å²) in [6.07, 6.45) is 0. The van der Waals surface area contributed by atoms with Gasteiger partial charge in [-0.25, -0.2) is 34.4 Å². The van der Waals surface area contributed by atoms with Crippen molar-refractivity contribution in [1.29, 1.82) is 5.26 Å². The third-order valence-corrected chi connectivity index (χ3v) is 5.51. The van der Waals surface area contributed by atoms with Crippen molar-refractivity contribution >= 4 is 29.6 Å². The van der Waals surface area contributed by atoms with E-state index in [4.69, 9.17) is 15.9 Å². The molecule has 0 unspecified atom stereocenters. The van der Waals surface area contributed by atoms with Crippen molar-refractivity contribution in [3.05, 3.63) is 59.7 Å². The lowest BCUT2D eigenvalue weighted by Crippen LogP contribution is -2.05. The normalized spacial score (nSPS) is 11.2. The molecule has 0 radical (unpaired) electrons. The summed E-state index contributed by atoms with van der Waals surface area (Å²) in [5, 5.41) is 8.19. The van der Waals surface area contributed by atoms with Crippen LogP contribution in [0.5, 0.6) is 0 Å². The fourth-order valence-corrected chi connectivity index (χ4v) is 3.12. The van der Waals surface area contributed by atoms with E-state index >= 15 is 0 Å². The van der Waals surface area contributed by atoms with Gasteiger partial charge < -0.3 is 0 Å². The van der Waals surface area contributed by atoms with Crippen molar-refractivity contribution in [3.8, 4) is 6.07 Å². The first-order valence-electron chi connectivity index (χ1n) is 6.33. The van der Waals surface area contributed by atoms with Crippen molar-refractivity contribution in [2.45, 2.75) is 9.79 Å². The number of rotatable bonds is 3. The van der Waals surface area contributed by atoms with Gasteiger partial charge in [-0.2, -0.15) is 5.26 Å². The van der Waals surface area contributed by atoms with Gasteiger partial charge in [0, 0.05) is 10.7 Å². The van der Waals surface area contributed by atoms with Crippen LogP contribution in [-0.4, -0.2) is 22.6 Å². The highest BCUT2D eigenvalue weighted by molar-refractivity contribution is 8.13. The minimum Gasteiger partial charge on any atom is -0.223 e. The predicted octanol–water partition coefficient (Wildman–Crippen LogP) is 3.15. The lowest BCUT2D eigenvalue weighted by atomic mass is 10.3. The Balaban J connectivity index is 0.000000263. The third kappa shape index (κ3) is 5.98. The van der Waals surface area contributed by atoms with Crippen LogP contribution in [-0.2, 0) is 18.9 Å². The van der Waals surface area contributed by atoms with Crippen molar-refractivity contribution in [3.63, 3.8) is 0 Å². The number of sulfone groups is 1. The first-order chi connectivity index (χ1) is 11.9. The number of halogens is 5. The van der Waals surface area contributed by atoms with Gasteiger partial charge in [0.25, 0.3) is 9.05 Å². The summed E-state index contributed by atoms with van der Waals surface area (Å²) in [6.45, 7) is 0.